The molecule has 0 bridgehead atoms. The van der Waals surface area contributed by atoms with Gasteiger partial charge in [-0.25, -0.2) is 0 Å². The third-order valence-electron chi connectivity index (χ3n) is 4.67. The molecule has 2 atom stereocenters. The normalized spacial score (nSPS) is 25.0. The first-order valence-corrected chi connectivity index (χ1v) is 8.65. The van der Waals surface area contributed by atoms with E-state index in [1.807, 2.05) is 6.07 Å². The maximum Gasteiger partial charge on any atom is 0.389 e. The minimum Gasteiger partial charge on any atom is -0.494 e. The summed E-state index contributed by atoms with van der Waals surface area (Å²) in [5.41, 5.74) is -0.285. The van der Waals surface area contributed by atoms with Crippen molar-refractivity contribution in [1.29, 1.82) is 5.26 Å². The number of hydrogen-bond donors (Lipinski definition) is 1. The van der Waals surface area contributed by atoms with Crippen molar-refractivity contribution < 1.29 is 27.4 Å². The van der Waals surface area contributed by atoms with Crippen molar-refractivity contribution in [2.45, 2.75) is 24.6 Å². The van der Waals surface area contributed by atoms with Gasteiger partial charge in [0.1, 0.15) is 17.4 Å². The molecule has 0 saturated carbocycles. The standard InChI is InChI=1S/C18H16ClF3N2O3/c19-15-13(8-23)16(25)24-17(10-26-9-14(15)17)11-2-4-12(5-3-11)27-7-1-6-18(20,21)22/h2-5,14H,1,6-7,9-10H2,(H,24,25)/t14-,17?/m0/s1. The van der Waals surface area contributed by atoms with Crippen LogP contribution in [0.5, 0.6) is 5.75 Å². The molecule has 0 spiro atoms. The molecule has 1 unspecified atom stereocenters. The van der Waals surface area contributed by atoms with E-state index in [0.29, 0.717) is 5.75 Å². The van der Waals surface area contributed by atoms with Gasteiger partial charge in [-0.15, -0.1) is 0 Å². The molecule has 2 aliphatic heterocycles. The van der Waals surface area contributed by atoms with Crippen LogP contribution in [0, 0.1) is 17.2 Å². The number of carbonyl (C=O) groups is 1. The number of nitrogens with one attached hydrogen (secondary N) is 1. The molecule has 9 heteroatoms. The molecule has 1 aromatic carbocycles. The Labute approximate surface area is 158 Å². The second-order valence-electron chi connectivity index (χ2n) is 6.42. The van der Waals surface area contributed by atoms with Crippen molar-refractivity contribution >= 4 is 17.5 Å². The quantitative estimate of drug-likeness (QED) is 0.769. The Bertz CT molecular complexity index is 802. The maximum absolute atomic E-state index is 12.2. The van der Waals surface area contributed by atoms with Crippen molar-refractivity contribution in [3.8, 4) is 11.8 Å². The Morgan fingerprint density at radius 3 is 2.70 bits per heavy atom. The molecule has 1 aromatic rings. The Balaban J connectivity index is 1.74. The van der Waals surface area contributed by atoms with Gasteiger partial charge < -0.3 is 14.8 Å². The van der Waals surface area contributed by atoms with Gasteiger partial charge in [0, 0.05) is 17.4 Å². The molecule has 0 aromatic heterocycles. The van der Waals surface area contributed by atoms with Crippen LogP contribution in [-0.2, 0) is 15.1 Å². The first-order valence-electron chi connectivity index (χ1n) is 8.27. The number of alkyl halides is 3. The lowest BCUT2D eigenvalue weighted by molar-refractivity contribution is -0.136. The molecule has 144 valence electrons. The summed E-state index contributed by atoms with van der Waals surface area (Å²) >= 11 is 6.27. The highest BCUT2D eigenvalue weighted by atomic mass is 35.5. The summed E-state index contributed by atoms with van der Waals surface area (Å²) in [5.74, 6) is -0.518. The Hall–Kier alpha value is -2.24. The predicted octanol–water partition coefficient (Wildman–Crippen LogP) is 3.40. The molecule has 2 heterocycles. The number of halogens is 4. The first kappa shape index (κ1) is 19.5. The van der Waals surface area contributed by atoms with E-state index in [0.717, 1.165) is 5.56 Å². The molecule has 1 amide bonds. The molecule has 1 N–H and O–H groups in total. The van der Waals surface area contributed by atoms with Crippen LogP contribution >= 0.6 is 11.6 Å². The average Bonchev–Trinajstić information content (AvgIpc) is 3.04. The highest BCUT2D eigenvalue weighted by Gasteiger charge is 2.52. The summed E-state index contributed by atoms with van der Waals surface area (Å²) in [7, 11) is 0. The fourth-order valence-electron chi connectivity index (χ4n) is 3.31. The third kappa shape index (κ3) is 3.89. The van der Waals surface area contributed by atoms with Gasteiger partial charge in [0.05, 0.1) is 25.4 Å². The van der Waals surface area contributed by atoms with Gasteiger partial charge in [-0.1, -0.05) is 23.7 Å². The number of amides is 1. The minimum absolute atomic E-state index is 0.0490. The molecule has 2 aliphatic rings. The average molecular weight is 401 g/mol. The van der Waals surface area contributed by atoms with E-state index in [1.165, 1.54) is 0 Å². The monoisotopic (exact) mass is 400 g/mol. The van der Waals surface area contributed by atoms with E-state index in [2.05, 4.69) is 5.32 Å². The first-order chi connectivity index (χ1) is 12.8. The number of rotatable bonds is 5. The summed E-state index contributed by atoms with van der Waals surface area (Å²) in [6.07, 6.45) is -5.22. The van der Waals surface area contributed by atoms with Gasteiger partial charge in [0.2, 0.25) is 0 Å². The SMILES string of the molecule is N#CC1=C(Cl)[C@@H]2COCC2(c2ccc(OCCCC(F)(F)F)cc2)NC1=O. The number of ether oxygens (including phenoxy) is 2. The maximum atomic E-state index is 12.2. The van der Waals surface area contributed by atoms with Gasteiger partial charge in [-0.2, -0.15) is 18.4 Å². The summed E-state index contributed by atoms with van der Waals surface area (Å²) in [5, 5.41) is 12.1. The molecular formula is C18H16ClF3N2O3. The second-order valence-corrected chi connectivity index (χ2v) is 6.83. The van der Waals surface area contributed by atoms with Crippen molar-refractivity contribution in [2.24, 2.45) is 5.92 Å². The number of hydrogen-bond acceptors (Lipinski definition) is 4. The largest absolute Gasteiger partial charge is 0.494 e. The van der Waals surface area contributed by atoms with E-state index in [1.54, 1.807) is 24.3 Å². The van der Waals surface area contributed by atoms with Crippen molar-refractivity contribution in [3.05, 3.63) is 40.4 Å². The Kier molecular flexibility index (Phi) is 5.36. The van der Waals surface area contributed by atoms with Crippen LogP contribution in [0.1, 0.15) is 18.4 Å². The third-order valence-corrected chi connectivity index (χ3v) is 5.12. The fourth-order valence-corrected chi connectivity index (χ4v) is 3.69. The zero-order chi connectivity index (χ0) is 19.7. The number of nitrogens with zero attached hydrogens (tertiary/aromatic N) is 1. The number of benzene rings is 1. The van der Waals surface area contributed by atoms with E-state index < -0.39 is 24.0 Å². The Morgan fingerprint density at radius 2 is 2.07 bits per heavy atom. The van der Waals surface area contributed by atoms with Gasteiger partial charge in [0.25, 0.3) is 5.91 Å². The van der Waals surface area contributed by atoms with E-state index in [-0.39, 0.29) is 42.8 Å². The summed E-state index contributed by atoms with van der Waals surface area (Å²) in [6.45, 7) is 0.413. The molecule has 0 aliphatic carbocycles. The van der Waals surface area contributed by atoms with Crippen LogP contribution in [0.4, 0.5) is 13.2 Å². The smallest absolute Gasteiger partial charge is 0.389 e. The lowest BCUT2D eigenvalue weighted by Gasteiger charge is -2.38. The van der Waals surface area contributed by atoms with Gasteiger partial charge in [-0.05, 0) is 24.1 Å². The van der Waals surface area contributed by atoms with Crippen LogP contribution in [0.3, 0.4) is 0 Å². The van der Waals surface area contributed by atoms with Crippen LogP contribution in [0.2, 0.25) is 0 Å². The van der Waals surface area contributed by atoms with E-state index >= 15 is 0 Å². The predicted molar refractivity (Wildman–Crippen MR) is 89.8 cm³/mol. The van der Waals surface area contributed by atoms with E-state index in [9.17, 15) is 18.0 Å². The molecule has 5 nitrogen and oxygen atoms in total. The van der Waals surface area contributed by atoms with Crippen molar-refractivity contribution in [2.75, 3.05) is 19.8 Å². The van der Waals surface area contributed by atoms with Gasteiger partial charge >= 0.3 is 6.18 Å². The number of carbonyl (C=O) groups excluding carboxylic acids is 1. The molecule has 1 saturated heterocycles. The van der Waals surface area contributed by atoms with Gasteiger partial charge in [-0.3, -0.25) is 4.79 Å². The van der Waals surface area contributed by atoms with Crippen LogP contribution in [-0.4, -0.2) is 31.9 Å². The van der Waals surface area contributed by atoms with Crippen molar-refractivity contribution in [1.82, 2.24) is 5.32 Å². The summed E-state index contributed by atoms with van der Waals surface area (Å²) in [4.78, 5) is 12.2. The molecule has 0 radical (unpaired) electrons. The molecular weight excluding hydrogens is 385 g/mol. The molecule has 1 fully saturated rings. The van der Waals surface area contributed by atoms with E-state index in [4.69, 9.17) is 26.3 Å². The number of nitriles is 1. The van der Waals surface area contributed by atoms with Crippen LogP contribution < -0.4 is 10.1 Å². The fraction of sp³-hybridized carbons (Fsp3) is 0.444. The summed E-state index contributed by atoms with van der Waals surface area (Å²) in [6, 6.07) is 8.48. The Morgan fingerprint density at radius 1 is 1.37 bits per heavy atom. The van der Waals surface area contributed by atoms with Crippen molar-refractivity contribution in [3.63, 3.8) is 0 Å². The lowest BCUT2D eigenvalue weighted by Crippen LogP contribution is -2.54. The highest BCUT2D eigenvalue weighted by Crippen LogP contribution is 2.45. The lowest BCUT2D eigenvalue weighted by atomic mass is 9.77. The van der Waals surface area contributed by atoms with Crippen LogP contribution in [0.25, 0.3) is 0 Å². The topological polar surface area (TPSA) is 71.3 Å². The van der Waals surface area contributed by atoms with Crippen LogP contribution in [0.15, 0.2) is 34.9 Å². The summed E-state index contributed by atoms with van der Waals surface area (Å²) < 4.78 is 47.3. The molecule has 27 heavy (non-hydrogen) atoms. The minimum atomic E-state index is -4.20. The number of fused-ring (bicyclic) bond motifs is 1. The highest BCUT2D eigenvalue weighted by molar-refractivity contribution is 6.33. The van der Waals surface area contributed by atoms with Gasteiger partial charge in [0.15, 0.2) is 0 Å². The molecule has 3 rings (SSSR count). The second kappa shape index (κ2) is 7.41. The zero-order valence-corrected chi connectivity index (χ0v) is 14.9. The zero-order valence-electron chi connectivity index (χ0n) is 14.1.